The maximum atomic E-state index is 4.70. The zero-order chi connectivity index (χ0) is 17.3. The molecule has 124 valence electrons. The van der Waals surface area contributed by atoms with E-state index in [9.17, 15) is 0 Å². The van der Waals surface area contributed by atoms with E-state index in [0.717, 1.165) is 33.8 Å². The number of nitrogens with one attached hydrogen (secondary N) is 1. The molecule has 0 atom stereocenters. The van der Waals surface area contributed by atoms with Gasteiger partial charge in [-0.3, -0.25) is 4.57 Å². The molecule has 6 nitrogen and oxygen atoms in total. The van der Waals surface area contributed by atoms with Crippen LogP contribution in [0.3, 0.4) is 0 Å². The first-order chi connectivity index (χ1) is 12.9. The molecule has 0 saturated carbocycles. The molecule has 0 unspecified atom stereocenters. The van der Waals surface area contributed by atoms with Crippen LogP contribution in [0.1, 0.15) is 0 Å². The van der Waals surface area contributed by atoms with Gasteiger partial charge in [0.15, 0.2) is 11.5 Å². The van der Waals surface area contributed by atoms with Gasteiger partial charge in [0.05, 0.1) is 17.7 Å². The summed E-state index contributed by atoms with van der Waals surface area (Å²) in [6, 6.07) is 20.3. The lowest BCUT2D eigenvalue weighted by Crippen LogP contribution is -2.01. The molecule has 3 heterocycles. The first-order valence-corrected chi connectivity index (χ1v) is 8.24. The summed E-state index contributed by atoms with van der Waals surface area (Å²) < 4.78 is 1.99. The molecule has 1 N–H and O–H groups in total. The second-order valence-electron chi connectivity index (χ2n) is 5.84. The molecule has 3 aromatic heterocycles. The molecule has 0 aliphatic heterocycles. The number of hydrogen-bond acceptors (Lipinski definition) is 4. The predicted octanol–water partition coefficient (Wildman–Crippen LogP) is 3.87. The molecule has 0 aliphatic rings. The van der Waals surface area contributed by atoms with Crippen molar-refractivity contribution in [2.75, 3.05) is 0 Å². The van der Waals surface area contributed by atoms with Crippen LogP contribution in [0.4, 0.5) is 0 Å². The molecule has 0 amide bonds. The Balaban J connectivity index is 1.82. The van der Waals surface area contributed by atoms with Crippen molar-refractivity contribution < 1.29 is 0 Å². The van der Waals surface area contributed by atoms with E-state index >= 15 is 0 Å². The van der Waals surface area contributed by atoms with Gasteiger partial charge in [-0.25, -0.2) is 19.9 Å². The van der Waals surface area contributed by atoms with Crippen LogP contribution in [0.15, 0.2) is 79.6 Å². The third-order valence-electron chi connectivity index (χ3n) is 4.29. The van der Waals surface area contributed by atoms with E-state index < -0.39 is 0 Å². The SMILES string of the molecule is c1ccc(-c2ncn(-c3ncnc4nc[nH]c34)c2-c2ccccc2)cc1. The predicted molar refractivity (Wildman–Crippen MR) is 99.7 cm³/mol. The molecule has 5 aromatic rings. The second-order valence-corrected chi connectivity index (χ2v) is 5.84. The van der Waals surface area contributed by atoms with E-state index in [2.05, 4.69) is 44.2 Å². The number of fused-ring (bicyclic) bond motifs is 1. The van der Waals surface area contributed by atoms with E-state index in [1.807, 2.05) is 41.0 Å². The van der Waals surface area contributed by atoms with Crippen molar-refractivity contribution in [3.63, 3.8) is 0 Å². The van der Waals surface area contributed by atoms with E-state index in [4.69, 9.17) is 4.98 Å². The van der Waals surface area contributed by atoms with Crippen molar-refractivity contribution in [2.45, 2.75) is 0 Å². The summed E-state index contributed by atoms with van der Waals surface area (Å²) in [6.45, 7) is 0. The van der Waals surface area contributed by atoms with Crippen LogP contribution in [0.5, 0.6) is 0 Å². The number of hydrogen-bond donors (Lipinski definition) is 1. The molecule has 5 rings (SSSR count). The average Bonchev–Trinajstić information content (AvgIpc) is 3.36. The number of benzene rings is 2. The number of aromatic nitrogens is 6. The highest BCUT2D eigenvalue weighted by Gasteiger charge is 2.18. The highest BCUT2D eigenvalue weighted by Crippen LogP contribution is 2.33. The summed E-state index contributed by atoms with van der Waals surface area (Å²) in [5.41, 5.74) is 5.41. The first-order valence-electron chi connectivity index (χ1n) is 8.24. The zero-order valence-electron chi connectivity index (χ0n) is 13.7. The average molecular weight is 338 g/mol. The maximum Gasteiger partial charge on any atom is 0.182 e. The quantitative estimate of drug-likeness (QED) is 0.542. The van der Waals surface area contributed by atoms with Gasteiger partial charge in [0.1, 0.15) is 18.2 Å². The normalized spacial score (nSPS) is 11.1. The molecule has 0 aliphatic carbocycles. The van der Waals surface area contributed by atoms with Crippen LogP contribution in [0, 0.1) is 0 Å². The summed E-state index contributed by atoms with van der Waals surface area (Å²) in [4.78, 5) is 20.8. The van der Waals surface area contributed by atoms with E-state index in [0.29, 0.717) is 5.65 Å². The van der Waals surface area contributed by atoms with Gasteiger partial charge in [0, 0.05) is 11.1 Å². The smallest absolute Gasteiger partial charge is 0.182 e. The Morgan fingerprint density at radius 2 is 1.46 bits per heavy atom. The second kappa shape index (κ2) is 5.93. The molecule has 0 saturated heterocycles. The lowest BCUT2D eigenvalue weighted by atomic mass is 10.0. The number of nitrogens with zero attached hydrogens (tertiary/aromatic N) is 5. The molecule has 6 heteroatoms. The van der Waals surface area contributed by atoms with Crippen LogP contribution >= 0.6 is 0 Å². The molecule has 26 heavy (non-hydrogen) atoms. The molecule has 0 spiro atoms. The molecule has 0 fully saturated rings. The van der Waals surface area contributed by atoms with Gasteiger partial charge in [-0.2, -0.15) is 0 Å². The van der Waals surface area contributed by atoms with Crippen molar-refractivity contribution in [3.8, 4) is 28.3 Å². The molecular weight excluding hydrogens is 324 g/mol. The Hall–Kier alpha value is -3.80. The fraction of sp³-hybridized carbons (Fsp3) is 0. The Morgan fingerprint density at radius 3 is 2.23 bits per heavy atom. The van der Waals surface area contributed by atoms with E-state index in [1.54, 1.807) is 12.7 Å². The lowest BCUT2D eigenvalue weighted by molar-refractivity contribution is 0.993. The van der Waals surface area contributed by atoms with Gasteiger partial charge >= 0.3 is 0 Å². The highest BCUT2D eigenvalue weighted by molar-refractivity contribution is 5.84. The summed E-state index contributed by atoms with van der Waals surface area (Å²) in [6.07, 6.45) is 4.95. The van der Waals surface area contributed by atoms with Crippen molar-refractivity contribution in [1.29, 1.82) is 0 Å². The van der Waals surface area contributed by atoms with Gasteiger partial charge < -0.3 is 4.98 Å². The zero-order valence-corrected chi connectivity index (χ0v) is 13.7. The first kappa shape index (κ1) is 14.5. The third kappa shape index (κ3) is 2.28. The minimum Gasteiger partial charge on any atom is -0.340 e. The van der Waals surface area contributed by atoms with Gasteiger partial charge in [0.2, 0.25) is 0 Å². The summed E-state index contributed by atoms with van der Waals surface area (Å²) in [7, 11) is 0. The molecule has 2 aromatic carbocycles. The fourth-order valence-electron chi connectivity index (χ4n) is 3.12. The van der Waals surface area contributed by atoms with Gasteiger partial charge in [0.25, 0.3) is 0 Å². The fourth-order valence-corrected chi connectivity index (χ4v) is 3.12. The topological polar surface area (TPSA) is 72.3 Å². The molecule has 0 bridgehead atoms. The van der Waals surface area contributed by atoms with Crippen molar-refractivity contribution in [3.05, 3.63) is 79.6 Å². The van der Waals surface area contributed by atoms with Crippen molar-refractivity contribution >= 4 is 11.2 Å². The van der Waals surface area contributed by atoms with E-state index in [-0.39, 0.29) is 0 Å². The monoisotopic (exact) mass is 338 g/mol. The highest BCUT2D eigenvalue weighted by atomic mass is 15.2. The van der Waals surface area contributed by atoms with Crippen LogP contribution in [0.25, 0.3) is 39.5 Å². The number of rotatable bonds is 3. The summed E-state index contributed by atoms with van der Waals surface area (Å²) >= 11 is 0. The number of imidazole rings is 2. The summed E-state index contributed by atoms with van der Waals surface area (Å²) in [5, 5.41) is 0. The lowest BCUT2D eigenvalue weighted by Gasteiger charge is -2.10. The molecule has 0 radical (unpaired) electrons. The van der Waals surface area contributed by atoms with E-state index in [1.165, 1.54) is 6.33 Å². The van der Waals surface area contributed by atoms with Crippen molar-refractivity contribution in [2.24, 2.45) is 0 Å². The number of H-pyrrole nitrogens is 1. The van der Waals surface area contributed by atoms with Crippen LogP contribution < -0.4 is 0 Å². The third-order valence-corrected chi connectivity index (χ3v) is 4.29. The molecular formula is C20H14N6. The number of aromatic amines is 1. The largest absolute Gasteiger partial charge is 0.340 e. The van der Waals surface area contributed by atoms with Crippen molar-refractivity contribution in [1.82, 2.24) is 29.5 Å². The van der Waals surface area contributed by atoms with Gasteiger partial charge in [-0.05, 0) is 0 Å². The van der Waals surface area contributed by atoms with Crippen LogP contribution in [-0.4, -0.2) is 29.5 Å². The summed E-state index contributed by atoms with van der Waals surface area (Å²) in [5.74, 6) is 0.723. The minimum absolute atomic E-state index is 0.629. The Morgan fingerprint density at radius 1 is 0.731 bits per heavy atom. The van der Waals surface area contributed by atoms with Gasteiger partial charge in [-0.1, -0.05) is 60.7 Å². The Kier molecular flexibility index (Phi) is 3.31. The minimum atomic E-state index is 0.629. The maximum absolute atomic E-state index is 4.70. The Bertz CT molecular complexity index is 1170. The standard InChI is InChI=1S/C20H14N6/c1-3-7-14(8-4-1)16-18(15-9-5-2-6-10-15)26(13-25-16)20-17-19(22-11-21-17)23-12-24-20/h1-13H,(H,21,22,23,24). The van der Waals surface area contributed by atoms with Gasteiger partial charge in [-0.15, -0.1) is 0 Å². The van der Waals surface area contributed by atoms with Crippen LogP contribution in [-0.2, 0) is 0 Å². The van der Waals surface area contributed by atoms with Crippen LogP contribution in [0.2, 0.25) is 0 Å². The Labute approximate surface area is 149 Å².